The summed E-state index contributed by atoms with van der Waals surface area (Å²) in [7, 11) is 0. The van der Waals surface area contributed by atoms with Crippen molar-refractivity contribution in [3.8, 4) is 17.3 Å². The maximum atomic E-state index is 13.3. The molecule has 5 rings (SSSR count). The molecule has 0 aliphatic carbocycles. The van der Waals surface area contributed by atoms with E-state index in [1.807, 2.05) is 6.07 Å². The number of amides is 2. The Kier molecular flexibility index (Phi) is 9.14. The first-order valence-electron chi connectivity index (χ1n) is 12.6. The Morgan fingerprint density at radius 1 is 0.977 bits per heavy atom. The SMILES string of the molecule is N#Cc1ccc(-c2ccccc2Cl)nc1SC1CC(=O)N(c2ccc(C(=O)OCC(=O)c3ccc(Cl)cc3Cl)cc2)C1=O. The van der Waals surface area contributed by atoms with Crippen molar-refractivity contribution in [3.63, 3.8) is 0 Å². The maximum Gasteiger partial charge on any atom is 0.338 e. The highest BCUT2D eigenvalue weighted by molar-refractivity contribution is 8.00. The molecule has 43 heavy (non-hydrogen) atoms. The van der Waals surface area contributed by atoms with E-state index in [-0.39, 0.29) is 33.8 Å². The third kappa shape index (κ3) is 6.58. The van der Waals surface area contributed by atoms with E-state index in [1.165, 1.54) is 42.5 Å². The molecule has 1 aliphatic rings. The number of rotatable bonds is 8. The lowest BCUT2D eigenvalue weighted by Crippen LogP contribution is -2.31. The minimum atomic E-state index is -0.816. The number of carbonyl (C=O) groups is 4. The van der Waals surface area contributed by atoms with Crippen molar-refractivity contribution >= 4 is 75.8 Å². The van der Waals surface area contributed by atoms with Crippen LogP contribution in [0.2, 0.25) is 15.1 Å². The van der Waals surface area contributed by atoms with Gasteiger partial charge in [0, 0.05) is 27.6 Å². The Bertz CT molecular complexity index is 1820. The normalized spacial score (nSPS) is 14.5. The minimum absolute atomic E-state index is 0.106. The number of nitrogens with zero attached hydrogens (tertiary/aromatic N) is 3. The van der Waals surface area contributed by atoms with Crippen molar-refractivity contribution in [2.45, 2.75) is 16.7 Å². The molecular weight excluding hydrogens is 633 g/mol. The number of ether oxygens (including phenoxy) is 1. The van der Waals surface area contributed by atoms with E-state index in [9.17, 15) is 24.4 Å². The Morgan fingerprint density at radius 3 is 2.42 bits per heavy atom. The number of esters is 1. The summed E-state index contributed by atoms with van der Waals surface area (Å²) in [6.07, 6.45) is -0.106. The summed E-state index contributed by atoms with van der Waals surface area (Å²) in [5.41, 5.74) is 2.00. The van der Waals surface area contributed by atoms with Gasteiger partial charge in [-0.15, -0.1) is 0 Å². The van der Waals surface area contributed by atoms with Crippen molar-refractivity contribution in [1.29, 1.82) is 5.26 Å². The van der Waals surface area contributed by atoms with Crippen LogP contribution in [-0.4, -0.2) is 40.4 Å². The zero-order valence-corrected chi connectivity index (χ0v) is 25.0. The summed E-state index contributed by atoms with van der Waals surface area (Å²) in [5, 5.41) is 10.1. The van der Waals surface area contributed by atoms with Crippen LogP contribution in [0.4, 0.5) is 5.69 Å². The summed E-state index contributed by atoms with van der Waals surface area (Å²) in [6, 6.07) is 22.5. The fourth-order valence-corrected chi connectivity index (χ4v) is 6.13. The van der Waals surface area contributed by atoms with Crippen molar-refractivity contribution in [2.24, 2.45) is 0 Å². The second-order valence-corrected chi connectivity index (χ2v) is 11.6. The predicted octanol–water partition coefficient (Wildman–Crippen LogP) is 7.04. The number of ketones is 1. The number of Topliss-reactive ketones (excluding diaryl/α,β-unsaturated/α-hetero) is 1. The zero-order chi connectivity index (χ0) is 30.7. The van der Waals surface area contributed by atoms with Crippen LogP contribution in [0.3, 0.4) is 0 Å². The van der Waals surface area contributed by atoms with E-state index in [4.69, 9.17) is 39.5 Å². The number of anilines is 1. The number of thioether (sulfide) groups is 1. The van der Waals surface area contributed by atoms with E-state index < -0.39 is 35.4 Å². The van der Waals surface area contributed by atoms with Crippen molar-refractivity contribution in [1.82, 2.24) is 4.98 Å². The second kappa shape index (κ2) is 13.0. The minimum Gasteiger partial charge on any atom is -0.454 e. The molecule has 2 amide bonds. The summed E-state index contributed by atoms with van der Waals surface area (Å²) in [4.78, 5) is 56.7. The molecule has 4 aromatic rings. The van der Waals surface area contributed by atoms with Crippen LogP contribution in [0.25, 0.3) is 11.3 Å². The molecule has 3 aromatic carbocycles. The molecule has 12 heteroatoms. The standard InChI is InChI=1S/C31H18Cl3N3O5S/c32-19-8-11-22(24(34)13-19)26(38)16-42-31(41)17-5-9-20(10-6-17)37-28(39)14-27(30(37)40)43-29-18(15-35)7-12-25(36-29)21-3-1-2-4-23(21)33/h1-13,27H,14,16H2. The number of pyridine rings is 1. The third-order valence-corrected chi connectivity index (χ3v) is 8.48. The number of hydrogen-bond donors (Lipinski definition) is 0. The van der Waals surface area contributed by atoms with Gasteiger partial charge in [-0.1, -0.05) is 64.8 Å². The van der Waals surface area contributed by atoms with E-state index >= 15 is 0 Å². The van der Waals surface area contributed by atoms with Crippen LogP contribution >= 0.6 is 46.6 Å². The molecule has 2 heterocycles. The van der Waals surface area contributed by atoms with Gasteiger partial charge in [0.1, 0.15) is 11.1 Å². The smallest absolute Gasteiger partial charge is 0.338 e. The van der Waals surface area contributed by atoms with Crippen LogP contribution in [-0.2, 0) is 14.3 Å². The molecule has 1 atom stereocenters. The highest BCUT2D eigenvalue weighted by Gasteiger charge is 2.41. The van der Waals surface area contributed by atoms with E-state index in [0.717, 1.165) is 16.7 Å². The van der Waals surface area contributed by atoms with Crippen LogP contribution in [0.15, 0.2) is 83.9 Å². The molecular formula is C31H18Cl3N3O5S. The maximum absolute atomic E-state index is 13.3. The Balaban J connectivity index is 1.26. The average Bonchev–Trinajstić information content (AvgIpc) is 3.27. The first-order chi connectivity index (χ1) is 20.7. The second-order valence-electron chi connectivity index (χ2n) is 9.19. The predicted molar refractivity (Wildman–Crippen MR) is 164 cm³/mol. The molecule has 0 N–H and O–H groups in total. The van der Waals surface area contributed by atoms with Gasteiger partial charge < -0.3 is 4.74 Å². The van der Waals surface area contributed by atoms with Gasteiger partial charge in [-0.2, -0.15) is 5.26 Å². The Labute approximate surface area is 265 Å². The van der Waals surface area contributed by atoms with Gasteiger partial charge in [-0.25, -0.2) is 14.7 Å². The van der Waals surface area contributed by atoms with Gasteiger partial charge in [-0.05, 0) is 60.7 Å². The molecule has 1 fully saturated rings. The average molecular weight is 651 g/mol. The number of benzene rings is 3. The number of nitriles is 1. The van der Waals surface area contributed by atoms with E-state index in [2.05, 4.69) is 11.1 Å². The van der Waals surface area contributed by atoms with Gasteiger partial charge in [0.2, 0.25) is 17.6 Å². The highest BCUT2D eigenvalue weighted by Crippen LogP contribution is 2.36. The van der Waals surface area contributed by atoms with Crippen molar-refractivity contribution in [3.05, 3.63) is 111 Å². The summed E-state index contributed by atoms with van der Waals surface area (Å²) in [6.45, 7) is -0.541. The summed E-state index contributed by atoms with van der Waals surface area (Å²) < 4.78 is 5.12. The Morgan fingerprint density at radius 2 is 1.72 bits per heavy atom. The highest BCUT2D eigenvalue weighted by atomic mass is 35.5. The van der Waals surface area contributed by atoms with E-state index in [0.29, 0.717) is 26.3 Å². The van der Waals surface area contributed by atoms with Gasteiger partial charge in [-0.3, -0.25) is 14.4 Å². The van der Waals surface area contributed by atoms with Crippen LogP contribution in [0, 0.1) is 11.3 Å². The van der Waals surface area contributed by atoms with E-state index in [1.54, 1.807) is 30.3 Å². The quantitative estimate of drug-likeness (QED) is 0.113. The fourth-order valence-electron chi connectivity index (χ4n) is 4.29. The number of imide groups is 1. The number of carbonyl (C=O) groups excluding carboxylic acids is 4. The third-order valence-electron chi connectivity index (χ3n) is 6.42. The summed E-state index contributed by atoms with van der Waals surface area (Å²) in [5.74, 6) is -2.20. The first kappa shape index (κ1) is 30.3. The topological polar surface area (TPSA) is 117 Å². The van der Waals surface area contributed by atoms with Crippen LogP contribution < -0.4 is 4.90 Å². The number of halogens is 3. The molecule has 0 radical (unpaired) electrons. The van der Waals surface area contributed by atoms with Crippen LogP contribution in [0.5, 0.6) is 0 Å². The lowest BCUT2D eigenvalue weighted by atomic mass is 10.1. The molecule has 0 saturated carbocycles. The van der Waals surface area contributed by atoms with Crippen LogP contribution in [0.1, 0.15) is 32.7 Å². The first-order valence-corrected chi connectivity index (χ1v) is 14.6. The lowest BCUT2D eigenvalue weighted by Gasteiger charge is -2.15. The summed E-state index contributed by atoms with van der Waals surface area (Å²) >= 11 is 19.2. The molecule has 1 saturated heterocycles. The molecule has 214 valence electrons. The Hall–Kier alpha value is -4.20. The van der Waals surface area contributed by atoms with Gasteiger partial charge in [0.05, 0.1) is 32.8 Å². The van der Waals surface area contributed by atoms with Gasteiger partial charge in [0.25, 0.3) is 0 Å². The number of aromatic nitrogens is 1. The molecule has 1 unspecified atom stereocenters. The van der Waals surface area contributed by atoms with Crippen molar-refractivity contribution in [2.75, 3.05) is 11.5 Å². The largest absolute Gasteiger partial charge is 0.454 e. The monoisotopic (exact) mass is 649 g/mol. The zero-order valence-electron chi connectivity index (χ0n) is 21.9. The fraction of sp³-hybridized carbons (Fsp3) is 0.0968. The van der Waals surface area contributed by atoms with Gasteiger partial charge in [0.15, 0.2) is 6.61 Å². The van der Waals surface area contributed by atoms with Gasteiger partial charge >= 0.3 is 5.97 Å². The molecule has 1 aliphatic heterocycles. The van der Waals surface area contributed by atoms with Crippen molar-refractivity contribution < 1.29 is 23.9 Å². The molecule has 0 spiro atoms. The lowest BCUT2D eigenvalue weighted by molar-refractivity contribution is -0.121. The molecule has 1 aromatic heterocycles. The molecule has 8 nitrogen and oxygen atoms in total. The number of hydrogen-bond acceptors (Lipinski definition) is 8. The molecule has 0 bridgehead atoms.